The highest BCUT2D eigenvalue weighted by Gasteiger charge is 2.48. The van der Waals surface area contributed by atoms with Crippen LogP contribution >= 0.6 is 0 Å². The molecule has 0 bridgehead atoms. The van der Waals surface area contributed by atoms with Gasteiger partial charge in [0.1, 0.15) is 5.58 Å². The normalized spacial score (nSPS) is 16.5. The van der Waals surface area contributed by atoms with Gasteiger partial charge in [0.15, 0.2) is 0 Å². The van der Waals surface area contributed by atoms with E-state index >= 15 is 0 Å². The van der Waals surface area contributed by atoms with E-state index in [0.29, 0.717) is 0 Å². The van der Waals surface area contributed by atoms with Crippen LogP contribution in [0.1, 0.15) is 157 Å². The van der Waals surface area contributed by atoms with Crippen LogP contribution in [-0.2, 0) is 32.5 Å². The zero-order chi connectivity index (χ0) is 47.3. The number of hydrogen-bond acceptors (Lipinski definition) is 3. The number of anilines is 6. The highest BCUT2D eigenvalue weighted by Crippen LogP contribution is 2.52. The first-order valence-electron chi connectivity index (χ1n) is 24.6. The van der Waals surface area contributed by atoms with E-state index in [1.54, 1.807) is 0 Å². The lowest BCUT2D eigenvalue weighted by molar-refractivity contribution is 0.332. The number of fused-ring (bicyclic) bond motifs is 7. The summed E-state index contributed by atoms with van der Waals surface area (Å²) in [4.78, 5) is 5.11. The Labute approximate surface area is 396 Å². The standard InChI is InChI=1S/C62H71BN2O/c1-57(2,3)39-22-26-43(27-23-39)64-50-29-25-41(59(7,8)9)33-48(50)63-54-45-36-46-47(62(15,16)31-30-61(46,13)14)37-53(45)66-56(54)65(52-35-42(60(10,11)12)34-51(64)55(52)63)49-28-24-40(58(4,5)6)32-44(49)38-20-18-17-19-21-38/h17-29,32-37H,30-31H2,1-16H3. The molecule has 66 heavy (non-hydrogen) atoms. The molecule has 1 aromatic heterocycles. The molecule has 0 saturated heterocycles. The number of hydrogen-bond donors (Lipinski definition) is 0. The molecule has 7 aromatic rings. The Morgan fingerprint density at radius 1 is 0.470 bits per heavy atom. The van der Waals surface area contributed by atoms with Crippen LogP contribution in [0.2, 0.25) is 0 Å². The second-order valence-corrected chi connectivity index (χ2v) is 25.4. The third-order valence-corrected chi connectivity index (χ3v) is 15.6. The van der Waals surface area contributed by atoms with Crippen molar-refractivity contribution < 1.29 is 4.42 Å². The van der Waals surface area contributed by atoms with Crippen molar-refractivity contribution in [3.05, 3.63) is 149 Å². The minimum absolute atomic E-state index is 0.0331. The Balaban J connectivity index is 1.39. The van der Waals surface area contributed by atoms with Crippen LogP contribution in [0, 0.1) is 0 Å². The molecule has 0 unspecified atom stereocenters. The van der Waals surface area contributed by atoms with E-state index in [2.05, 4.69) is 236 Å². The van der Waals surface area contributed by atoms with E-state index in [1.165, 1.54) is 89.0 Å². The zero-order valence-electron chi connectivity index (χ0n) is 42.8. The van der Waals surface area contributed by atoms with Gasteiger partial charge in [-0.15, -0.1) is 0 Å². The first kappa shape index (κ1) is 44.4. The number of rotatable bonds is 3. The Bertz CT molecular complexity index is 3060. The second kappa shape index (κ2) is 14.5. The predicted molar refractivity (Wildman–Crippen MR) is 286 cm³/mol. The summed E-state index contributed by atoms with van der Waals surface area (Å²) in [5.74, 6) is 0.924. The van der Waals surface area contributed by atoms with Gasteiger partial charge in [0.05, 0.1) is 5.69 Å². The Morgan fingerprint density at radius 2 is 0.985 bits per heavy atom. The molecule has 0 fully saturated rings. The molecule has 3 heterocycles. The van der Waals surface area contributed by atoms with Crippen molar-refractivity contribution in [2.24, 2.45) is 0 Å². The van der Waals surface area contributed by atoms with Gasteiger partial charge in [-0.05, 0) is 150 Å². The first-order valence-corrected chi connectivity index (χ1v) is 24.6. The van der Waals surface area contributed by atoms with Crippen molar-refractivity contribution in [2.75, 3.05) is 9.80 Å². The quantitative estimate of drug-likeness (QED) is 0.165. The molecule has 3 aliphatic rings. The second-order valence-electron chi connectivity index (χ2n) is 25.4. The lowest BCUT2D eigenvalue weighted by Gasteiger charge is -2.44. The predicted octanol–water partition coefficient (Wildman–Crippen LogP) is 15.7. The fourth-order valence-electron chi connectivity index (χ4n) is 11.2. The zero-order valence-corrected chi connectivity index (χ0v) is 42.8. The van der Waals surface area contributed by atoms with Crippen molar-refractivity contribution >= 4 is 68.4 Å². The molecule has 0 N–H and O–H groups in total. The van der Waals surface area contributed by atoms with Crippen molar-refractivity contribution in [3.8, 4) is 11.1 Å². The summed E-state index contributed by atoms with van der Waals surface area (Å²) in [5.41, 5.74) is 21.2. The highest BCUT2D eigenvalue weighted by atomic mass is 16.4. The monoisotopic (exact) mass is 871 g/mol. The van der Waals surface area contributed by atoms with Crippen LogP contribution in [0.3, 0.4) is 0 Å². The third-order valence-electron chi connectivity index (χ3n) is 15.6. The summed E-state index contributed by atoms with van der Waals surface area (Å²) in [6.07, 6.45) is 2.30. The fourth-order valence-corrected chi connectivity index (χ4v) is 11.2. The molecule has 0 radical (unpaired) electrons. The van der Waals surface area contributed by atoms with Gasteiger partial charge in [-0.25, -0.2) is 0 Å². The maximum atomic E-state index is 7.63. The van der Waals surface area contributed by atoms with E-state index in [4.69, 9.17) is 4.42 Å². The van der Waals surface area contributed by atoms with Crippen LogP contribution in [0.15, 0.2) is 120 Å². The number of benzene rings is 6. The van der Waals surface area contributed by atoms with Crippen molar-refractivity contribution in [3.63, 3.8) is 0 Å². The van der Waals surface area contributed by atoms with Crippen LogP contribution in [0.5, 0.6) is 0 Å². The molecule has 10 rings (SSSR count). The number of nitrogens with zero attached hydrogens (tertiary/aromatic N) is 2. The maximum absolute atomic E-state index is 7.63. The Kier molecular flexibility index (Phi) is 9.76. The van der Waals surface area contributed by atoms with E-state index in [1.807, 2.05) is 0 Å². The molecule has 1 aliphatic carbocycles. The summed E-state index contributed by atoms with van der Waals surface area (Å²) in [6, 6.07) is 44.9. The highest BCUT2D eigenvalue weighted by molar-refractivity contribution is 7.01. The van der Waals surface area contributed by atoms with E-state index in [9.17, 15) is 0 Å². The summed E-state index contributed by atoms with van der Waals surface area (Å²) in [5, 5.41) is 1.23. The lowest BCUT2D eigenvalue weighted by Crippen LogP contribution is -2.61. The molecule has 0 amide bonds. The molecule has 4 heteroatoms. The minimum Gasteiger partial charge on any atom is -0.440 e. The van der Waals surface area contributed by atoms with Gasteiger partial charge in [0.25, 0.3) is 6.71 Å². The van der Waals surface area contributed by atoms with Crippen molar-refractivity contribution in [1.29, 1.82) is 0 Å². The third kappa shape index (κ3) is 7.07. The molecule has 0 saturated carbocycles. The van der Waals surface area contributed by atoms with E-state index in [-0.39, 0.29) is 39.2 Å². The summed E-state index contributed by atoms with van der Waals surface area (Å²) in [7, 11) is 0. The fraction of sp³-hybridized carbons (Fsp3) is 0.387. The molecular weight excluding hydrogens is 800 g/mol. The average Bonchev–Trinajstić information content (AvgIpc) is 3.61. The molecule has 6 aromatic carbocycles. The molecule has 2 aliphatic heterocycles. The average molecular weight is 871 g/mol. The smallest absolute Gasteiger partial charge is 0.257 e. The van der Waals surface area contributed by atoms with Crippen LogP contribution < -0.4 is 26.2 Å². The molecule has 338 valence electrons. The van der Waals surface area contributed by atoms with Crippen molar-refractivity contribution in [2.45, 2.75) is 156 Å². The minimum atomic E-state index is -0.145. The lowest BCUT2D eigenvalue weighted by atomic mass is 9.33. The van der Waals surface area contributed by atoms with Gasteiger partial charge in [0, 0.05) is 39.2 Å². The van der Waals surface area contributed by atoms with E-state index < -0.39 is 0 Å². The Hall–Kier alpha value is -5.48. The van der Waals surface area contributed by atoms with Gasteiger partial charge < -0.3 is 9.32 Å². The molecular formula is C62H71BN2O. The maximum Gasteiger partial charge on any atom is 0.257 e. The summed E-state index contributed by atoms with van der Waals surface area (Å²) in [6.45, 7) is 37.6. The largest absolute Gasteiger partial charge is 0.440 e. The molecule has 3 nitrogen and oxygen atoms in total. The van der Waals surface area contributed by atoms with Gasteiger partial charge in [-0.2, -0.15) is 0 Å². The summed E-state index contributed by atoms with van der Waals surface area (Å²) >= 11 is 0. The molecule has 0 atom stereocenters. The Morgan fingerprint density at radius 3 is 1.56 bits per heavy atom. The van der Waals surface area contributed by atoms with Gasteiger partial charge in [-0.1, -0.05) is 171 Å². The van der Waals surface area contributed by atoms with Crippen LogP contribution in [-0.4, -0.2) is 6.71 Å². The van der Waals surface area contributed by atoms with Crippen molar-refractivity contribution in [1.82, 2.24) is 0 Å². The topological polar surface area (TPSA) is 19.6 Å². The van der Waals surface area contributed by atoms with E-state index in [0.717, 1.165) is 30.0 Å². The number of furan rings is 1. The molecule has 0 spiro atoms. The van der Waals surface area contributed by atoms with Gasteiger partial charge in [0.2, 0.25) is 5.88 Å². The van der Waals surface area contributed by atoms with Crippen LogP contribution in [0.4, 0.5) is 34.3 Å². The van der Waals surface area contributed by atoms with Gasteiger partial charge in [-0.3, -0.25) is 4.90 Å². The summed E-state index contributed by atoms with van der Waals surface area (Å²) < 4.78 is 7.63. The first-order chi connectivity index (χ1) is 30.7. The van der Waals surface area contributed by atoms with Crippen LogP contribution in [0.25, 0.3) is 22.1 Å². The SMILES string of the molecule is CC(C)(C)c1ccc(N2c3ccc(C(C)(C)C)cc3B3c4c2cc(C(C)(C)C)cc4N(c2ccc(C(C)(C)C)cc2-c2ccccc2)c2oc4cc5c(cc4c23)C(C)(C)CCC5(C)C)cc1. The van der Waals surface area contributed by atoms with Gasteiger partial charge >= 0.3 is 0 Å².